The normalized spacial score (nSPS) is 11.9. The van der Waals surface area contributed by atoms with Crippen molar-refractivity contribution < 1.29 is 27.1 Å². The van der Waals surface area contributed by atoms with Gasteiger partial charge in [-0.2, -0.15) is 0 Å². The lowest BCUT2D eigenvalue weighted by molar-refractivity contribution is -0.140. The molecule has 0 fully saturated rings. The van der Waals surface area contributed by atoms with E-state index in [0.717, 1.165) is 28.3 Å². The highest BCUT2D eigenvalue weighted by Crippen LogP contribution is 2.25. The molecular formula is C28H31ClFN3O5S. The van der Waals surface area contributed by atoms with Gasteiger partial charge < -0.3 is 15.0 Å². The molecule has 0 aliphatic carbocycles. The third-order valence-corrected chi connectivity index (χ3v) is 7.41. The monoisotopic (exact) mass is 575 g/mol. The number of carbonyl (C=O) groups excluding carboxylic acids is 2. The second kappa shape index (κ2) is 13.4. The minimum atomic E-state index is -3.99. The van der Waals surface area contributed by atoms with Crippen LogP contribution in [0.5, 0.6) is 5.75 Å². The molecule has 0 aromatic heterocycles. The maximum absolute atomic E-state index is 13.9. The molecule has 0 saturated carbocycles. The van der Waals surface area contributed by atoms with Crippen molar-refractivity contribution in [2.24, 2.45) is 0 Å². The number of amides is 2. The zero-order valence-electron chi connectivity index (χ0n) is 21.9. The highest BCUT2D eigenvalue weighted by atomic mass is 35.5. The second-order valence-electron chi connectivity index (χ2n) is 8.84. The molecule has 2 amide bonds. The number of benzene rings is 3. The zero-order valence-corrected chi connectivity index (χ0v) is 23.5. The molecule has 0 aliphatic rings. The molecule has 11 heteroatoms. The Kier molecular flexibility index (Phi) is 10.3. The smallest absolute Gasteiger partial charge is 0.244 e. The summed E-state index contributed by atoms with van der Waals surface area (Å²) in [6, 6.07) is 18.7. The average molecular weight is 576 g/mol. The third kappa shape index (κ3) is 8.18. The average Bonchev–Trinajstić information content (AvgIpc) is 2.91. The lowest BCUT2D eigenvalue weighted by atomic mass is 10.0. The van der Waals surface area contributed by atoms with E-state index in [2.05, 4.69) is 5.32 Å². The molecule has 1 atom stereocenters. The number of ether oxygens (including phenoxy) is 1. The van der Waals surface area contributed by atoms with Gasteiger partial charge in [-0.15, -0.1) is 0 Å². The van der Waals surface area contributed by atoms with Crippen LogP contribution < -0.4 is 14.4 Å². The van der Waals surface area contributed by atoms with Gasteiger partial charge in [0.15, 0.2) is 0 Å². The van der Waals surface area contributed by atoms with Gasteiger partial charge in [0.25, 0.3) is 0 Å². The number of anilines is 1. The topological polar surface area (TPSA) is 96.0 Å². The van der Waals surface area contributed by atoms with E-state index in [9.17, 15) is 22.4 Å². The van der Waals surface area contributed by atoms with Crippen molar-refractivity contribution in [3.05, 3.63) is 94.8 Å². The number of rotatable bonds is 12. The van der Waals surface area contributed by atoms with E-state index < -0.39 is 34.3 Å². The second-order valence-corrected chi connectivity index (χ2v) is 11.2. The van der Waals surface area contributed by atoms with E-state index >= 15 is 0 Å². The number of hydrogen-bond acceptors (Lipinski definition) is 5. The SMILES string of the molecule is CCNC(=O)[C@@H](Cc1ccccc1)N(Cc1cccc(OC)c1)C(=O)CN(c1ccc(F)c(Cl)c1)S(C)(=O)=O. The summed E-state index contributed by atoms with van der Waals surface area (Å²) < 4.78 is 45.5. The zero-order chi connectivity index (χ0) is 28.6. The number of methoxy groups -OCH3 is 1. The fraction of sp³-hybridized carbons (Fsp3) is 0.286. The number of nitrogens with one attached hydrogen (secondary N) is 1. The fourth-order valence-corrected chi connectivity index (χ4v) is 5.08. The molecule has 208 valence electrons. The van der Waals surface area contributed by atoms with E-state index in [1.807, 2.05) is 30.3 Å². The van der Waals surface area contributed by atoms with E-state index in [0.29, 0.717) is 17.9 Å². The van der Waals surface area contributed by atoms with Crippen LogP contribution in [0.3, 0.4) is 0 Å². The largest absolute Gasteiger partial charge is 0.497 e. The predicted octanol–water partition coefficient (Wildman–Crippen LogP) is 4.03. The van der Waals surface area contributed by atoms with Gasteiger partial charge in [0.1, 0.15) is 24.2 Å². The van der Waals surface area contributed by atoms with E-state index in [4.69, 9.17) is 16.3 Å². The molecule has 0 spiro atoms. The first kappa shape index (κ1) is 29.9. The summed E-state index contributed by atoms with van der Waals surface area (Å²) >= 11 is 5.90. The van der Waals surface area contributed by atoms with Crippen molar-refractivity contribution in [3.63, 3.8) is 0 Å². The summed E-state index contributed by atoms with van der Waals surface area (Å²) in [4.78, 5) is 28.6. The summed E-state index contributed by atoms with van der Waals surface area (Å²) in [5.41, 5.74) is 1.53. The van der Waals surface area contributed by atoms with Gasteiger partial charge in [0.2, 0.25) is 21.8 Å². The Bertz CT molecular complexity index is 1410. The molecule has 0 unspecified atom stereocenters. The lowest BCUT2D eigenvalue weighted by Gasteiger charge is -2.33. The van der Waals surface area contributed by atoms with Crippen LogP contribution in [-0.4, -0.2) is 57.6 Å². The molecule has 3 rings (SSSR count). The van der Waals surface area contributed by atoms with Crippen LogP contribution >= 0.6 is 11.6 Å². The molecule has 3 aromatic carbocycles. The van der Waals surface area contributed by atoms with Gasteiger partial charge >= 0.3 is 0 Å². The van der Waals surface area contributed by atoms with Crippen LogP contribution in [0.15, 0.2) is 72.8 Å². The summed E-state index contributed by atoms with van der Waals surface area (Å²) in [7, 11) is -2.47. The number of halogens is 2. The van der Waals surface area contributed by atoms with Crippen LogP contribution in [0.25, 0.3) is 0 Å². The molecule has 8 nitrogen and oxygen atoms in total. The first-order valence-electron chi connectivity index (χ1n) is 12.2. The molecule has 3 aromatic rings. The summed E-state index contributed by atoms with van der Waals surface area (Å²) in [5, 5.41) is 2.50. The van der Waals surface area contributed by atoms with Crippen molar-refractivity contribution in [3.8, 4) is 5.75 Å². The first-order valence-corrected chi connectivity index (χ1v) is 14.4. The maximum Gasteiger partial charge on any atom is 0.244 e. The Morgan fingerprint density at radius 3 is 2.33 bits per heavy atom. The Labute approximate surface area is 233 Å². The van der Waals surface area contributed by atoms with E-state index in [1.165, 1.54) is 18.1 Å². The summed E-state index contributed by atoms with van der Waals surface area (Å²) in [6.07, 6.45) is 1.14. The van der Waals surface area contributed by atoms with Crippen molar-refractivity contribution in [1.82, 2.24) is 10.2 Å². The molecule has 1 N–H and O–H groups in total. The highest BCUT2D eigenvalue weighted by Gasteiger charge is 2.33. The van der Waals surface area contributed by atoms with Crippen molar-refractivity contribution >= 4 is 39.1 Å². The standard InChI is InChI=1S/C28H31ClFN3O5S/c1-4-31-28(35)26(16-20-9-6-5-7-10-20)32(18-21-11-8-12-23(15-21)38-2)27(34)19-33(39(3,36)37)22-13-14-25(30)24(29)17-22/h5-15,17,26H,4,16,18-19H2,1-3H3,(H,31,35)/t26-/m1/s1. The molecular weight excluding hydrogens is 545 g/mol. The quantitative estimate of drug-likeness (QED) is 0.352. The van der Waals surface area contributed by atoms with E-state index in [-0.39, 0.29) is 29.6 Å². The Morgan fingerprint density at radius 2 is 1.72 bits per heavy atom. The van der Waals surface area contributed by atoms with Gasteiger partial charge in [0.05, 0.1) is 24.1 Å². The lowest BCUT2D eigenvalue weighted by Crippen LogP contribution is -2.53. The van der Waals surface area contributed by atoms with Gasteiger partial charge in [-0.05, 0) is 48.4 Å². The first-order chi connectivity index (χ1) is 18.5. The summed E-state index contributed by atoms with van der Waals surface area (Å²) in [6.45, 7) is 1.49. The Balaban J connectivity index is 2.06. The van der Waals surface area contributed by atoms with Crippen molar-refractivity contribution in [1.29, 1.82) is 0 Å². The number of carbonyl (C=O) groups is 2. The van der Waals surface area contributed by atoms with Crippen LogP contribution in [0.4, 0.5) is 10.1 Å². The number of hydrogen-bond donors (Lipinski definition) is 1. The van der Waals surface area contributed by atoms with Gasteiger partial charge in [-0.1, -0.05) is 54.1 Å². The molecule has 0 radical (unpaired) electrons. The van der Waals surface area contributed by atoms with Crippen LogP contribution in [0.2, 0.25) is 5.02 Å². The Hall–Kier alpha value is -3.63. The van der Waals surface area contributed by atoms with Crippen LogP contribution in [-0.2, 0) is 32.6 Å². The summed E-state index contributed by atoms with van der Waals surface area (Å²) in [5.74, 6) is -1.17. The van der Waals surface area contributed by atoms with Gasteiger partial charge in [0, 0.05) is 19.5 Å². The minimum Gasteiger partial charge on any atom is -0.497 e. The minimum absolute atomic E-state index is 0.00639. The number of sulfonamides is 1. The number of nitrogens with zero attached hydrogens (tertiary/aromatic N) is 2. The van der Waals surface area contributed by atoms with Crippen molar-refractivity contribution in [2.45, 2.75) is 25.9 Å². The van der Waals surface area contributed by atoms with Gasteiger partial charge in [-0.25, -0.2) is 12.8 Å². The molecule has 39 heavy (non-hydrogen) atoms. The fourth-order valence-electron chi connectivity index (χ4n) is 4.07. The molecule has 0 aliphatic heterocycles. The predicted molar refractivity (Wildman–Crippen MR) is 150 cm³/mol. The highest BCUT2D eigenvalue weighted by molar-refractivity contribution is 7.92. The molecule has 0 heterocycles. The van der Waals surface area contributed by atoms with Gasteiger partial charge in [-0.3, -0.25) is 13.9 Å². The molecule has 0 bridgehead atoms. The van der Waals surface area contributed by atoms with Crippen LogP contribution in [0.1, 0.15) is 18.1 Å². The van der Waals surface area contributed by atoms with Crippen molar-refractivity contribution in [2.75, 3.05) is 30.8 Å². The Morgan fingerprint density at radius 1 is 1.03 bits per heavy atom. The maximum atomic E-state index is 13.9. The van der Waals surface area contributed by atoms with Crippen LogP contribution in [0, 0.1) is 5.82 Å². The number of likely N-dealkylation sites (N-methyl/N-ethyl adjacent to an activating group) is 1. The molecule has 0 saturated heterocycles. The van der Waals surface area contributed by atoms with E-state index in [1.54, 1.807) is 31.2 Å². The third-order valence-electron chi connectivity index (χ3n) is 5.98.